The third-order valence-corrected chi connectivity index (χ3v) is 2.84. The highest BCUT2D eigenvalue weighted by molar-refractivity contribution is 4.74. The number of rotatable bonds is 4. The first-order valence-corrected chi connectivity index (χ1v) is 5.80. The summed E-state index contributed by atoms with van der Waals surface area (Å²) < 4.78 is 16.7. The van der Waals surface area contributed by atoms with Gasteiger partial charge in [0.05, 0.1) is 18.8 Å². The predicted octanol–water partition coefficient (Wildman–Crippen LogP) is 0.906. The third kappa shape index (κ3) is 3.41. The second kappa shape index (κ2) is 4.78. The molecule has 0 saturated carbocycles. The summed E-state index contributed by atoms with van der Waals surface area (Å²) in [5.41, 5.74) is 0. The molecule has 2 fully saturated rings. The molecule has 88 valence electrons. The molecule has 2 saturated heterocycles. The van der Waals surface area contributed by atoms with Crippen molar-refractivity contribution in [3.63, 3.8) is 0 Å². The first-order valence-electron chi connectivity index (χ1n) is 5.80. The summed E-state index contributed by atoms with van der Waals surface area (Å²) in [6.07, 6.45) is 2.96. The Kier molecular flexibility index (Phi) is 3.61. The van der Waals surface area contributed by atoms with Crippen LogP contribution in [-0.4, -0.2) is 44.3 Å². The minimum absolute atomic E-state index is 0.182. The highest BCUT2D eigenvalue weighted by Crippen LogP contribution is 2.21. The van der Waals surface area contributed by atoms with Crippen molar-refractivity contribution in [1.29, 1.82) is 0 Å². The molecule has 1 N–H and O–H groups in total. The number of nitrogens with one attached hydrogen (secondary N) is 1. The molecule has 2 rings (SSSR count). The molecule has 0 aromatic carbocycles. The van der Waals surface area contributed by atoms with Crippen molar-refractivity contribution in [2.24, 2.45) is 0 Å². The van der Waals surface area contributed by atoms with Crippen molar-refractivity contribution in [2.45, 2.75) is 44.7 Å². The van der Waals surface area contributed by atoms with E-state index in [9.17, 15) is 0 Å². The van der Waals surface area contributed by atoms with E-state index in [1.54, 1.807) is 0 Å². The standard InChI is InChI=1S/C11H21NO3/c1-11(2)14-8-10(15-11)7-12-6-9-4-3-5-13-9/h9-10,12H,3-8H2,1-2H3. The number of hydrogen-bond acceptors (Lipinski definition) is 4. The van der Waals surface area contributed by atoms with Gasteiger partial charge in [0, 0.05) is 19.7 Å². The van der Waals surface area contributed by atoms with Crippen LogP contribution in [0.5, 0.6) is 0 Å². The van der Waals surface area contributed by atoms with Crippen molar-refractivity contribution in [1.82, 2.24) is 5.32 Å². The number of hydrogen-bond donors (Lipinski definition) is 1. The van der Waals surface area contributed by atoms with Gasteiger partial charge in [-0.2, -0.15) is 0 Å². The summed E-state index contributed by atoms with van der Waals surface area (Å²) >= 11 is 0. The van der Waals surface area contributed by atoms with Gasteiger partial charge in [-0.15, -0.1) is 0 Å². The summed E-state index contributed by atoms with van der Waals surface area (Å²) in [4.78, 5) is 0. The first kappa shape index (κ1) is 11.3. The highest BCUT2D eigenvalue weighted by Gasteiger charge is 2.32. The van der Waals surface area contributed by atoms with E-state index in [2.05, 4.69) is 5.32 Å². The van der Waals surface area contributed by atoms with E-state index in [0.29, 0.717) is 12.7 Å². The van der Waals surface area contributed by atoms with Crippen LogP contribution in [-0.2, 0) is 14.2 Å². The molecule has 2 aliphatic heterocycles. The molecule has 2 aliphatic rings. The Morgan fingerprint density at radius 3 is 2.67 bits per heavy atom. The van der Waals surface area contributed by atoms with E-state index < -0.39 is 5.79 Å². The van der Waals surface area contributed by atoms with Crippen LogP contribution in [0, 0.1) is 0 Å². The van der Waals surface area contributed by atoms with Gasteiger partial charge in [-0.1, -0.05) is 0 Å². The molecule has 2 atom stereocenters. The molecule has 0 spiro atoms. The largest absolute Gasteiger partial charge is 0.377 e. The smallest absolute Gasteiger partial charge is 0.163 e. The van der Waals surface area contributed by atoms with Gasteiger partial charge in [0.1, 0.15) is 0 Å². The van der Waals surface area contributed by atoms with Crippen LogP contribution >= 0.6 is 0 Å². The van der Waals surface area contributed by atoms with Gasteiger partial charge in [0.25, 0.3) is 0 Å². The lowest BCUT2D eigenvalue weighted by Crippen LogP contribution is -2.34. The molecule has 0 bridgehead atoms. The molecule has 2 heterocycles. The molecule has 0 aromatic rings. The zero-order valence-corrected chi connectivity index (χ0v) is 9.62. The first-order chi connectivity index (χ1) is 7.16. The van der Waals surface area contributed by atoms with Crippen LogP contribution in [0.1, 0.15) is 26.7 Å². The summed E-state index contributed by atoms with van der Waals surface area (Å²) in [5, 5.41) is 3.38. The van der Waals surface area contributed by atoms with Crippen LogP contribution in [0.3, 0.4) is 0 Å². The molecule has 2 unspecified atom stereocenters. The predicted molar refractivity (Wildman–Crippen MR) is 56.7 cm³/mol. The number of ether oxygens (including phenoxy) is 3. The van der Waals surface area contributed by atoms with E-state index in [-0.39, 0.29) is 6.10 Å². The quantitative estimate of drug-likeness (QED) is 0.756. The van der Waals surface area contributed by atoms with Crippen LogP contribution in [0.2, 0.25) is 0 Å². The van der Waals surface area contributed by atoms with E-state index in [1.807, 2.05) is 13.8 Å². The maximum atomic E-state index is 5.69. The molecular weight excluding hydrogens is 194 g/mol. The lowest BCUT2D eigenvalue weighted by molar-refractivity contribution is -0.137. The average molecular weight is 215 g/mol. The molecule has 0 aromatic heterocycles. The van der Waals surface area contributed by atoms with Crippen molar-refractivity contribution in [2.75, 3.05) is 26.3 Å². The van der Waals surface area contributed by atoms with Gasteiger partial charge in [0.2, 0.25) is 0 Å². The van der Waals surface area contributed by atoms with Gasteiger partial charge in [-0.05, 0) is 26.7 Å². The van der Waals surface area contributed by atoms with Crippen molar-refractivity contribution in [3.8, 4) is 0 Å². The van der Waals surface area contributed by atoms with E-state index in [4.69, 9.17) is 14.2 Å². The molecule has 4 nitrogen and oxygen atoms in total. The zero-order valence-electron chi connectivity index (χ0n) is 9.62. The average Bonchev–Trinajstić information content (AvgIpc) is 2.76. The molecule has 0 radical (unpaired) electrons. The lowest BCUT2D eigenvalue weighted by atomic mass is 10.2. The second-order valence-electron chi connectivity index (χ2n) is 4.74. The Morgan fingerprint density at radius 2 is 2.07 bits per heavy atom. The van der Waals surface area contributed by atoms with Gasteiger partial charge in [0.15, 0.2) is 5.79 Å². The second-order valence-corrected chi connectivity index (χ2v) is 4.74. The molecule has 0 amide bonds. The summed E-state index contributed by atoms with van der Waals surface area (Å²) in [6.45, 7) is 7.29. The minimum Gasteiger partial charge on any atom is -0.377 e. The molecule has 4 heteroatoms. The summed E-state index contributed by atoms with van der Waals surface area (Å²) in [6, 6.07) is 0. The lowest BCUT2D eigenvalue weighted by Gasteiger charge is -2.18. The van der Waals surface area contributed by atoms with E-state index in [1.165, 1.54) is 12.8 Å². The monoisotopic (exact) mass is 215 g/mol. The Bertz CT molecular complexity index is 202. The fourth-order valence-electron chi connectivity index (χ4n) is 2.07. The van der Waals surface area contributed by atoms with Gasteiger partial charge in [-0.3, -0.25) is 0 Å². The van der Waals surface area contributed by atoms with Crippen molar-refractivity contribution in [3.05, 3.63) is 0 Å². The third-order valence-electron chi connectivity index (χ3n) is 2.84. The van der Waals surface area contributed by atoms with Crippen LogP contribution < -0.4 is 5.32 Å². The fourth-order valence-corrected chi connectivity index (χ4v) is 2.07. The molecule has 15 heavy (non-hydrogen) atoms. The Balaban J connectivity index is 1.58. The summed E-state index contributed by atoms with van der Waals surface area (Å²) in [7, 11) is 0. The van der Waals surface area contributed by atoms with Gasteiger partial charge < -0.3 is 19.5 Å². The topological polar surface area (TPSA) is 39.7 Å². The van der Waals surface area contributed by atoms with Crippen molar-refractivity contribution < 1.29 is 14.2 Å². The zero-order chi connectivity index (χ0) is 10.7. The maximum Gasteiger partial charge on any atom is 0.163 e. The van der Waals surface area contributed by atoms with Crippen molar-refractivity contribution >= 4 is 0 Å². The van der Waals surface area contributed by atoms with Gasteiger partial charge >= 0.3 is 0 Å². The SMILES string of the molecule is CC1(C)OCC(CNCC2CCCO2)O1. The summed E-state index contributed by atoms with van der Waals surface area (Å²) in [5.74, 6) is -0.407. The van der Waals surface area contributed by atoms with E-state index >= 15 is 0 Å². The highest BCUT2D eigenvalue weighted by atomic mass is 16.7. The van der Waals surface area contributed by atoms with Gasteiger partial charge in [-0.25, -0.2) is 0 Å². The Labute approximate surface area is 91.3 Å². The minimum atomic E-state index is -0.407. The van der Waals surface area contributed by atoms with Crippen LogP contribution in [0.4, 0.5) is 0 Å². The normalized spacial score (nSPS) is 34.8. The van der Waals surface area contributed by atoms with E-state index in [0.717, 1.165) is 19.7 Å². The fraction of sp³-hybridized carbons (Fsp3) is 1.00. The Hall–Kier alpha value is -0.160. The van der Waals surface area contributed by atoms with Crippen LogP contribution in [0.25, 0.3) is 0 Å². The molecular formula is C11H21NO3. The molecule has 0 aliphatic carbocycles. The Morgan fingerprint density at radius 1 is 1.27 bits per heavy atom. The maximum absolute atomic E-state index is 5.69. The van der Waals surface area contributed by atoms with Crippen LogP contribution in [0.15, 0.2) is 0 Å².